The van der Waals surface area contributed by atoms with Crippen LogP contribution in [0, 0.1) is 6.92 Å². The molecule has 0 unspecified atom stereocenters. The average Bonchev–Trinajstić information content (AvgIpc) is 3.02. The van der Waals surface area contributed by atoms with Crippen molar-refractivity contribution in [1.29, 1.82) is 0 Å². The van der Waals surface area contributed by atoms with Gasteiger partial charge in [-0.3, -0.25) is 14.2 Å². The molecule has 1 fully saturated rings. The monoisotopic (exact) mass is 391 g/mol. The van der Waals surface area contributed by atoms with Crippen molar-refractivity contribution in [3.63, 3.8) is 0 Å². The van der Waals surface area contributed by atoms with Gasteiger partial charge in [-0.25, -0.2) is 9.36 Å². The SMILES string of the molecule is Cc1ccc(-n2c(=O)c3ccccc3n(CC(=O)N3CCCCCC3)c2=O)cc1. The zero-order valence-corrected chi connectivity index (χ0v) is 16.6. The van der Waals surface area contributed by atoms with Crippen molar-refractivity contribution in [1.82, 2.24) is 14.0 Å². The highest BCUT2D eigenvalue weighted by molar-refractivity contribution is 5.82. The summed E-state index contributed by atoms with van der Waals surface area (Å²) in [5.74, 6) is -0.0757. The van der Waals surface area contributed by atoms with Crippen molar-refractivity contribution in [3.8, 4) is 5.69 Å². The van der Waals surface area contributed by atoms with Crippen molar-refractivity contribution in [2.75, 3.05) is 13.1 Å². The molecule has 1 aromatic heterocycles. The fourth-order valence-electron chi connectivity index (χ4n) is 3.95. The highest BCUT2D eigenvalue weighted by atomic mass is 16.2. The van der Waals surface area contributed by atoms with E-state index >= 15 is 0 Å². The van der Waals surface area contributed by atoms with E-state index in [0.717, 1.165) is 48.9 Å². The molecule has 1 amide bonds. The summed E-state index contributed by atoms with van der Waals surface area (Å²) in [6.45, 7) is 3.34. The summed E-state index contributed by atoms with van der Waals surface area (Å²) >= 11 is 0. The molecule has 29 heavy (non-hydrogen) atoms. The molecule has 1 aliphatic heterocycles. The second-order valence-electron chi connectivity index (χ2n) is 7.66. The third-order valence-electron chi connectivity index (χ3n) is 5.59. The lowest BCUT2D eigenvalue weighted by Crippen LogP contribution is -2.43. The molecule has 0 atom stereocenters. The molecule has 0 aliphatic carbocycles. The summed E-state index contributed by atoms with van der Waals surface area (Å²) in [6, 6.07) is 14.2. The first-order valence-electron chi connectivity index (χ1n) is 10.2. The van der Waals surface area contributed by atoms with Crippen molar-refractivity contribution in [2.24, 2.45) is 0 Å². The summed E-state index contributed by atoms with van der Waals surface area (Å²) in [6.07, 6.45) is 4.24. The minimum atomic E-state index is -0.485. The number of fused-ring (bicyclic) bond motifs is 1. The highest BCUT2D eigenvalue weighted by Crippen LogP contribution is 2.13. The Kier molecular flexibility index (Phi) is 5.34. The zero-order chi connectivity index (χ0) is 20.4. The first-order chi connectivity index (χ1) is 14.1. The van der Waals surface area contributed by atoms with Gasteiger partial charge < -0.3 is 4.90 Å². The van der Waals surface area contributed by atoms with E-state index < -0.39 is 5.69 Å². The van der Waals surface area contributed by atoms with Crippen LogP contribution in [0.3, 0.4) is 0 Å². The lowest BCUT2D eigenvalue weighted by Gasteiger charge is -2.22. The number of rotatable bonds is 3. The lowest BCUT2D eigenvalue weighted by atomic mass is 10.2. The van der Waals surface area contributed by atoms with Crippen LogP contribution in [0.15, 0.2) is 58.1 Å². The Morgan fingerprint density at radius 1 is 0.897 bits per heavy atom. The van der Waals surface area contributed by atoms with Gasteiger partial charge in [0.05, 0.1) is 16.6 Å². The average molecular weight is 391 g/mol. The Hall–Kier alpha value is -3.15. The van der Waals surface area contributed by atoms with Crippen LogP contribution < -0.4 is 11.2 Å². The molecule has 2 heterocycles. The maximum absolute atomic E-state index is 13.3. The fraction of sp³-hybridized carbons (Fsp3) is 0.348. The standard InChI is InChI=1S/C23H25N3O3/c1-17-10-12-18(13-11-17)26-22(28)19-8-4-5-9-20(19)25(23(26)29)16-21(27)24-14-6-2-3-7-15-24/h4-5,8-13H,2-3,6-7,14-16H2,1H3. The summed E-state index contributed by atoms with van der Waals surface area (Å²) in [5, 5.41) is 0.427. The first-order valence-corrected chi connectivity index (χ1v) is 10.2. The predicted octanol–water partition coefficient (Wildman–Crippen LogP) is 2.86. The van der Waals surface area contributed by atoms with E-state index in [1.54, 1.807) is 36.4 Å². The normalized spacial score (nSPS) is 14.7. The Labute approximate surface area is 169 Å². The maximum Gasteiger partial charge on any atom is 0.336 e. The van der Waals surface area contributed by atoms with Gasteiger partial charge in [0.15, 0.2) is 0 Å². The van der Waals surface area contributed by atoms with Gasteiger partial charge in [-0.15, -0.1) is 0 Å². The second kappa shape index (κ2) is 8.07. The third-order valence-corrected chi connectivity index (χ3v) is 5.59. The molecule has 0 radical (unpaired) electrons. The topological polar surface area (TPSA) is 64.3 Å². The van der Waals surface area contributed by atoms with Crippen molar-refractivity contribution in [3.05, 3.63) is 74.9 Å². The number of hydrogen-bond donors (Lipinski definition) is 0. The Morgan fingerprint density at radius 3 is 2.24 bits per heavy atom. The molecule has 4 rings (SSSR count). The van der Waals surface area contributed by atoms with Crippen LogP contribution in [0.25, 0.3) is 16.6 Å². The summed E-state index contributed by atoms with van der Waals surface area (Å²) in [5.41, 5.74) is 1.19. The smallest absolute Gasteiger partial charge is 0.336 e. The first kappa shape index (κ1) is 19.2. The number of carbonyl (C=O) groups excluding carboxylic acids is 1. The Morgan fingerprint density at radius 2 is 1.55 bits per heavy atom. The highest BCUT2D eigenvalue weighted by Gasteiger charge is 2.20. The van der Waals surface area contributed by atoms with E-state index in [4.69, 9.17) is 0 Å². The van der Waals surface area contributed by atoms with Gasteiger partial charge >= 0.3 is 5.69 Å². The molecule has 150 valence electrons. The van der Waals surface area contributed by atoms with Crippen LogP contribution in [0.5, 0.6) is 0 Å². The van der Waals surface area contributed by atoms with Gasteiger partial charge in [-0.1, -0.05) is 42.7 Å². The molecule has 0 N–H and O–H groups in total. The molecule has 1 aliphatic rings. The van der Waals surface area contributed by atoms with Gasteiger partial charge in [0, 0.05) is 13.1 Å². The number of hydrogen-bond acceptors (Lipinski definition) is 3. The molecular formula is C23H25N3O3. The molecular weight excluding hydrogens is 366 g/mol. The van der Waals surface area contributed by atoms with Crippen LogP contribution in [0.1, 0.15) is 31.2 Å². The van der Waals surface area contributed by atoms with E-state index in [9.17, 15) is 14.4 Å². The van der Waals surface area contributed by atoms with Crippen LogP contribution in [0.2, 0.25) is 0 Å². The molecule has 3 aromatic rings. The van der Waals surface area contributed by atoms with Gasteiger partial charge in [-0.2, -0.15) is 0 Å². The fourth-order valence-corrected chi connectivity index (χ4v) is 3.95. The zero-order valence-electron chi connectivity index (χ0n) is 16.6. The quantitative estimate of drug-likeness (QED) is 0.690. The summed E-state index contributed by atoms with van der Waals surface area (Å²) in [4.78, 5) is 41.2. The van der Waals surface area contributed by atoms with E-state index in [1.807, 2.05) is 24.0 Å². The number of amides is 1. The molecule has 6 nitrogen and oxygen atoms in total. The van der Waals surface area contributed by atoms with Gasteiger partial charge in [0.2, 0.25) is 5.91 Å². The number of aromatic nitrogens is 2. The molecule has 2 aromatic carbocycles. The predicted molar refractivity (Wildman–Crippen MR) is 114 cm³/mol. The Balaban J connectivity index is 1.84. The lowest BCUT2D eigenvalue weighted by molar-refractivity contribution is -0.131. The van der Waals surface area contributed by atoms with Gasteiger partial charge in [-0.05, 0) is 44.0 Å². The second-order valence-corrected chi connectivity index (χ2v) is 7.66. The maximum atomic E-state index is 13.3. The largest absolute Gasteiger partial charge is 0.341 e. The molecule has 0 saturated carbocycles. The molecule has 0 bridgehead atoms. The van der Waals surface area contributed by atoms with Crippen LogP contribution in [-0.2, 0) is 11.3 Å². The van der Waals surface area contributed by atoms with Crippen molar-refractivity contribution >= 4 is 16.8 Å². The summed E-state index contributed by atoms with van der Waals surface area (Å²) < 4.78 is 2.60. The minimum Gasteiger partial charge on any atom is -0.341 e. The van der Waals surface area contributed by atoms with E-state index in [0.29, 0.717) is 16.6 Å². The Bertz CT molecular complexity index is 1150. The molecule has 0 spiro atoms. The van der Waals surface area contributed by atoms with Gasteiger partial charge in [0.25, 0.3) is 5.56 Å². The number of nitrogens with zero attached hydrogens (tertiary/aromatic N) is 3. The number of benzene rings is 2. The number of likely N-dealkylation sites (tertiary alicyclic amines) is 1. The number of carbonyl (C=O) groups is 1. The minimum absolute atomic E-state index is 0.0640. The van der Waals surface area contributed by atoms with Crippen LogP contribution >= 0.6 is 0 Å². The third kappa shape index (κ3) is 3.75. The van der Waals surface area contributed by atoms with Crippen LogP contribution in [-0.4, -0.2) is 33.0 Å². The number of aryl methyl sites for hydroxylation is 1. The van der Waals surface area contributed by atoms with Crippen LogP contribution in [0.4, 0.5) is 0 Å². The molecule has 6 heteroatoms. The molecule has 1 saturated heterocycles. The van der Waals surface area contributed by atoms with Gasteiger partial charge in [0.1, 0.15) is 6.54 Å². The van der Waals surface area contributed by atoms with E-state index in [2.05, 4.69) is 0 Å². The van der Waals surface area contributed by atoms with E-state index in [1.165, 1.54) is 4.57 Å². The van der Waals surface area contributed by atoms with Crippen molar-refractivity contribution < 1.29 is 4.79 Å². The number of para-hydroxylation sites is 1. The summed E-state index contributed by atoms with van der Waals surface area (Å²) in [7, 11) is 0. The van der Waals surface area contributed by atoms with Crippen molar-refractivity contribution in [2.45, 2.75) is 39.2 Å². The van der Waals surface area contributed by atoms with E-state index in [-0.39, 0.29) is 18.0 Å².